The van der Waals surface area contributed by atoms with Crippen molar-refractivity contribution in [3.63, 3.8) is 0 Å². The van der Waals surface area contributed by atoms with Gasteiger partial charge in [-0.3, -0.25) is 37.3 Å². The highest BCUT2D eigenvalue weighted by molar-refractivity contribution is 7.47. The first kappa shape index (κ1) is 89.1. The van der Waals surface area contributed by atoms with Crippen molar-refractivity contribution in [2.24, 2.45) is 5.92 Å². The maximum atomic E-state index is 13.1. The predicted molar refractivity (Wildman–Crippen MR) is 368 cm³/mol. The van der Waals surface area contributed by atoms with Crippen LogP contribution in [0.1, 0.15) is 375 Å². The molecule has 540 valence electrons. The van der Waals surface area contributed by atoms with Crippen molar-refractivity contribution < 1.29 is 80.2 Å². The Hall–Kier alpha value is -1.94. The summed E-state index contributed by atoms with van der Waals surface area (Å²) in [5.41, 5.74) is 0. The average Bonchev–Trinajstić information content (AvgIpc) is 2.24. The van der Waals surface area contributed by atoms with E-state index in [0.29, 0.717) is 25.7 Å². The van der Waals surface area contributed by atoms with Crippen LogP contribution >= 0.6 is 15.6 Å². The van der Waals surface area contributed by atoms with Gasteiger partial charge in [0.25, 0.3) is 0 Å². The summed E-state index contributed by atoms with van der Waals surface area (Å²) >= 11 is 0. The molecule has 0 saturated heterocycles. The third-order valence-electron chi connectivity index (χ3n) is 16.8. The first-order valence-electron chi connectivity index (χ1n) is 37.6. The number of aliphatic hydroxyl groups is 1. The average molecular weight is 1340 g/mol. The molecule has 17 nitrogen and oxygen atoms in total. The molecule has 0 aromatic rings. The minimum atomic E-state index is -4.95. The first-order chi connectivity index (χ1) is 44.0. The normalized spacial score (nSPS) is 14.0. The fourth-order valence-electron chi connectivity index (χ4n) is 11.0. The highest BCUT2D eigenvalue weighted by atomic mass is 31.2. The molecule has 5 atom stereocenters. The van der Waals surface area contributed by atoms with Crippen molar-refractivity contribution in [1.29, 1.82) is 0 Å². The van der Waals surface area contributed by atoms with Crippen LogP contribution in [0.5, 0.6) is 0 Å². The van der Waals surface area contributed by atoms with Crippen LogP contribution in [0.4, 0.5) is 0 Å². The number of carbonyl (C=O) groups is 4. The molecule has 0 rings (SSSR count). The zero-order valence-electron chi connectivity index (χ0n) is 59.0. The SMILES string of the molecule is CCCCCCCCCCCCCCCCCCC(=O)OC[C@H](COP(=O)(O)OC[C@@H](O)COP(=O)(O)OC[C@@H](COC(=O)CCCCCCCCC)OC(=O)CCCCCCCCC)OC(=O)CCCCCCCCCCCCCCCCCCCCC(C)C. The maximum Gasteiger partial charge on any atom is 0.472 e. The molecule has 19 heteroatoms. The summed E-state index contributed by atoms with van der Waals surface area (Å²) in [7, 11) is -9.89. The lowest BCUT2D eigenvalue weighted by Gasteiger charge is -2.21. The second-order valence-corrected chi connectivity index (χ2v) is 29.4. The third kappa shape index (κ3) is 66.5. The first-order valence-corrected chi connectivity index (χ1v) is 40.6. The van der Waals surface area contributed by atoms with E-state index in [1.54, 1.807) is 0 Å². The minimum Gasteiger partial charge on any atom is -0.462 e. The zero-order valence-corrected chi connectivity index (χ0v) is 60.8. The Morgan fingerprint density at radius 3 is 0.747 bits per heavy atom. The molecule has 0 aliphatic rings. The number of carbonyl (C=O) groups excluding carboxylic acids is 4. The van der Waals surface area contributed by atoms with Gasteiger partial charge >= 0.3 is 39.5 Å². The Labute approximate surface area is 556 Å². The number of phosphoric acid groups is 2. The van der Waals surface area contributed by atoms with Crippen LogP contribution in [0.2, 0.25) is 0 Å². The highest BCUT2D eigenvalue weighted by Gasteiger charge is 2.30. The summed E-state index contributed by atoms with van der Waals surface area (Å²) in [5, 5.41) is 10.6. The Morgan fingerprint density at radius 2 is 0.505 bits per heavy atom. The maximum absolute atomic E-state index is 13.1. The van der Waals surface area contributed by atoms with Crippen LogP contribution in [-0.2, 0) is 65.4 Å². The molecule has 0 radical (unpaired) electrons. The van der Waals surface area contributed by atoms with Crippen LogP contribution in [0.15, 0.2) is 0 Å². The van der Waals surface area contributed by atoms with Crippen molar-refractivity contribution in [2.45, 2.75) is 393 Å². The zero-order chi connectivity index (χ0) is 67.0. The van der Waals surface area contributed by atoms with Gasteiger partial charge in [0, 0.05) is 25.7 Å². The summed E-state index contributed by atoms with van der Waals surface area (Å²) < 4.78 is 68.1. The third-order valence-corrected chi connectivity index (χ3v) is 18.7. The van der Waals surface area contributed by atoms with E-state index in [-0.39, 0.29) is 25.7 Å². The van der Waals surface area contributed by atoms with Crippen molar-refractivity contribution in [3.8, 4) is 0 Å². The van der Waals surface area contributed by atoms with E-state index in [2.05, 4.69) is 34.6 Å². The molecule has 0 aromatic heterocycles. The van der Waals surface area contributed by atoms with Gasteiger partial charge in [0.1, 0.15) is 19.3 Å². The smallest absolute Gasteiger partial charge is 0.462 e. The second-order valence-electron chi connectivity index (χ2n) is 26.5. The monoisotopic (exact) mass is 1340 g/mol. The van der Waals surface area contributed by atoms with Gasteiger partial charge in [-0.1, -0.05) is 324 Å². The lowest BCUT2D eigenvalue weighted by Crippen LogP contribution is -2.30. The summed E-state index contributed by atoms with van der Waals surface area (Å²) in [6, 6.07) is 0. The molecule has 0 amide bonds. The van der Waals surface area contributed by atoms with Gasteiger partial charge in [-0.05, 0) is 31.6 Å². The lowest BCUT2D eigenvalue weighted by atomic mass is 10.0. The van der Waals surface area contributed by atoms with E-state index in [1.807, 2.05) is 0 Å². The van der Waals surface area contributed by atoms with E-state index in [9.17, 15) is 43.2 Å². The molecule has 91 heavy (non-hydrogen) atoms. The van der Waals surface area contributed by atoms with Crippen LogP contribution in [0, 0.1) is 5.92 Å². The molecule has 3 N–H and O–H groups in total. The Balaban J connectivity index is 5.11. The van der Waals surface area contributed by atoms with Crippen LogP contribution in [0.25, 0.3) is 0 Å². The van der Waals surface area contributed by atoms with Gasteiger partial charge in [-0.15, -0.1) is 0 Å². The van der Waals surface area contributed by atoms with E-state index in [1.165, 1.54) is 173 Å². The van der Waals surface area contributed by atoms with Crippen molar-refractivity contribution in [1.82, 2.24) is 0 Å². The van der Waals surface area contributed by atoms with E-state index >= 15 is 0 Å². The number of phosphoric ester groups is 2. The number of esters is 4. The van der Waals surface area contributed by atoms with Crippen LogP contribution in [-0.4, -0.2) is 96.7 Å². The van der Waals surface area contributed by atoms with Gasteiger partial charge in [-0.25, -0.2) is 9.13 Å². The molecule has 2 unspecified atom stereocenters. The van der Waals surface area contributed by atoms with Crippen molar-refractivity contribution in [3.05, 3.63) is 0 Å². The molecule has 0 fully saturated rings. The molecule has 0 aliphatic heterocycles. The quantitative estimate of drug-likeness (QED) is 0.0222. The molecule has 0 saturated carbocycles. The van der Waals surface area contributed by atoms with Gasteiger partial charge in [0.15, 0.2) is 12.2 Å². The van der Waals surface area contributed by atoms with Gasteiger partial charge in [0.05, 0.1) is 26.4 Å². The van der Waals surface area contributed by atoms with Crippen molar-refractivity contribution in [2.75, 3.05) is 39.6 Å². The Kier molecular flexibility index (Phi) is 64.0. The second kappa shape index (κ2) is 65.4. The highest BCUT2D eigenvalue weighted by Crippen LogP contribution is 2.45. The Bertz CT molecular complexity index is 1750. The van der Waals surface area contributed by atoms with Crippen LogP contribution in [0.3, 0.4) is 0 Å². The standard InChI is InChI=1S/C72H140O17P2/c1-6-9-12-15-18-19-20-21-22-28-31-34-37-42-46-51-56-70(75)83-62-68(89-72(77)58-53-48-43-38-35-32-29-26-24-23-25-27-30-33-36-41-44-49-54-65(4)5)64-87-91(80,81)85-60-66(73)59-84-90(78,79)86-63-67(88-71(76)57-52-47-40-17-14-11-8-3)61-82-69(74)55-50-45-39-16-13-10-7-2/h65-68,73H,6-64H2,1-5H3,(H,78,79)(H,80,81)/t66-,67+,68+/m0/s1. The number of hydrogen-bond donors (Lipinski definition) is 3. The minimum absolute atomic E-state index is 0.104. The van der Waals surface area contributed by atoms with Crippen molar-refractivity contribution >= 4 is 39.5 Å². The molecule has 0 aromatic carbocycles. The predicted octanol–water partition coefficient (Wildman–Crippen LogP) is 20.9. The number of hydrogen-bond acceptors (Lipinski definition) is 15. The largest absolute Gasteiger partial charge is 0.472 e. The number of aliphatic hydroxyl groups excluding tert-OH is 1. The topological polar surface area (TPSA) is 237 Å². The summed E-state index contributed by atoms with van der Waals surface area (Å²) in [4.78, 5) is 72.3. The number of ether oxygens (including phenoxy) is 4. The van der Waals surface area contributed by atoms with Gasteiger partial charge < -0.3 is 33.8 Å². The molecule has 0 bridgehead atoms. The number of rotatable bonds is 72. The molecule has 0 aliphatic carbocycles. The summed E-state index contributed by atoms with van der Waals surface area (Å²) in [6.45, 7) is 7.21. The molecule has 0 heterocycles. The molecular formula is C72H140O17P2. The van der Waals surface area contributed by atoms with E-state index in [4.69, 9.17) is 37.0 Å². The molecular weight excluding hydrogens is 1200 g/mol. The summed E-state index contributed by atoms with van der Waals surface area (Å²) in [5.74, 6) is -1.31. The lowest BCUT2D eigenvalue weighted by molar-refractivity contribution is -0.161. The van der Waals surface area contributed by atoms with E-state index < -0.39 is 97.5 Å². The number of unbranched alkanes of at least 4 members (excludes halogenated alkanes) is 44. The Morgan fingerprint density at radius 1 is 0.297 bits per heavy atom. The van der Waals surface area contributed by atoms with E-state index in [0.717, 1.165) is 121 Å². The molecule has 0 spiro atoms. The van der Waals surface area contributed by atoms with Crippen LogP contribution < -0.4 is 0 Å². The summed E-state index contributed by atoms with van der Waals surface area (Å²) in [6.07, 6.45) is 53.2. The fraction of sp³-hybridized carbons (Fsp3) is 0.944. The van der Waals surface area contributed by atoms with Gasteiger partial charge in [0.2, 0.25) is 0 Å². The fourth-order valence-corrected chi connectivity index (χ4v) is 12.6. The van der Waals surface area contributed by atoms with Gasteiger partial charge in [-0.2, -0.15) is 0 Å².